The number of esters is 1. The van der Waals surface area contributed by atoms with E-state index in [-0.39, 0.29) is 11.9 Å². The number of carbonyl (C=O) groups is 2. The Balaban J connectivity index is 1.37. The second kappa shape index (κ2) is 8.58. The van der Waals surface area contributed by atoms with Gasteiger partial charge in [-0.05, 0) is 82.7 Å². The van der Waals surface area contributed by atoms with E-state index in [1.165, 1.54) is 16.8 Å². The average Bonchev–Trinajstić information content (AvgIpc) is 3.12. The van der Waals surface area contributed by atoms with Gasteiger partial charge in [0, 0.05) is 31.2 Å². The van der Waals surface area contributed by atoms with Gasteiger partial charge in [-0.3, -0.25) is 14.5 Å². The number of piperidine rings is 2. The van der Waals surface area contributed by atoms with Gasteiger partial charge in [0.25, 0.3) is 0 Å². The molecule has 2 fully saturated rings. The highest BCUT2D eigenvalue weighted by Gasteiger charge is 2.32. The summed E-state index contributed by atoms with van der Waals surface area (Å²) in [6.07, 6.45) is 4.83. The van der Waals surface area contributed by atoms with Gasteiger partial charge in [-0.2, -0.15) is 0 Å². The minimum absolute atomic E-state index is 0.128. The maximum atomic E-state index is 12.1. The van der Waals surface area contributed by atoms with Crippen LogP contribution in [0.1, 0.15) is 63.5 Å². The van der Waals surface area contributed by atoms with Crippen molar-refractivity contribution >= 4 is 17.6 Å². The second-order valence-electron chi connectivity index (χ2n) is 9.92. The van der Waals surface area contributed by atoms with Crippen molar-refractivity contribution in [2.45, 2.75) is 70.4 Å². The van der Waals surface area contributed by atoms with Gasteiger partial charge >= 0.3 is 5.97 Å². The van der Waals surface area contributed by atoms with Crippen molar-refractivity contribution in [3.63, 3.8) is 0 Å². The van der Waals surface area contributed by atoms with Gasteiger partial charge in [0.1, 0.15) is 5.60 Å². The first-order valence-electron chi connectivity index (χ1n) is 11.4. The Hall–Kier alpha value is -2.08. The maximum absolute atomic E-state index is 12.1. The van der Waals surface area contributed by atoms with Crippen LogP contribution in [0.5, 0.6) is 0 Å². The molecule has 4 rings (SSSR count). The molecule has 6 nitrogen and oxygen atoms in total. The molecule has 1 atom stereocenters. The lowest BCUT2D eigenvalue weighted by Crippen LogP contribution is -2.47. The number of anilines is 1. The van der Waals surface area contributed by atoms with Crippen molar-refractivity contribution in [3.8, 4) is 0 Å². The van der Waals surface area contributed by atoms with Crippen LogP contribution in [0.3, 0.4) is 0 Å². The number of carbonyl (C=O) groups excluding carboxylic acids is 2. The molecule has 0 radical (unpaired) electrons. The summed E-state index contributed by atoms with van der Waals surface area (Å²) in [5.41, 5.74) is 3.93. The van der Waals surface area contributed by atoms with E-state index in [1.54, 1.807) is 0 Å². The SMILES string of the molecule is CC(C)(C)OC(=O)CN1CCC(c2cccc3c2CCN3[C@@H]2CCC(=O)NC2)CC1. The number of likely N-dealkylation sites (tertiary alicyclic amines) is 1. The maximum Gasteiger partial charge on any atom is 0.320 e. The lowest BCUT2D eigenvalue weighted by atomic mass is 9.85. The Kier molecular flexibility index (Phi) is 6.05. The van der Waals surface area contributed by atoms with Crippen molar-refractivity contribution in [2.75, 3.05) is 37.6 Å². The van der Waals surface area contributed by atoms with Gasteiger partial charge in [-0.1, -0.05) is 12.1 Å². The summed E-state index contributed by atoms with van der Waals surface area (Å²) in [6.45, 7) is 9.80. The molecule has 3 heterocycles. The van der Waals surface area contributed by atoms with E-state index >= 15 is 0 Å². The molecule has 3 aliphatic rings. The molecular formula is C24H35N3O3. The van der Waals surface area contributed by atoms with Crippen LogP contribution in [-0.4, -0.2) is 61.1 Å². The van der Waals surface area contributed by atoms with Gasteiger partial charge in [0.2, 0.25) is 5.91 Å². The summed E-state index contributed by atoms with van der Waals surface area (Å²) in [5, 5.41) is 3.03. The number of nitrogens with one attached hydrogen (secondary N) is 1. The standard InChI is InChI=1S/C24H35N3O3/c1-24(2,3)30-23(29)16-26-12-9-17(10-13-26)19-5-4-6-21-20(19)11-14-27(21)18-7-8-22(28)25-15-18/h4-6,17-18H,7-16H2,1-3H3,(H,25,28)/t18-/m1/s1. The molecule has 30 heavy (non-hydrogen) atoms. The fourth-order valence-electron chi connectivity index (χ4n) is 5.19. The average molecular weight is 414 g/mol. The Labute approximate surface area is 179 Å². The summed E-state index contributed by atoms with van der Waals surface area (Å²) >= 11 is 0. The molecule has 1 N–H and O–H groups in total. The fourth-order valence-corrected chi connectivity index (χ4v) is 5.19. The number of nitrogens with zero attached hydrogens (tertiary/aromatic N) is 2. The molecule has 164 valence electrons. The third kappa shape index (κ3) is 4.80. The molecule has 6 heteroatoms. The largest absolute Gasteiger partial charge is 0.459 e. The summed E-state index contributed by atoms with van der Waals surface area (Å²) in [4.78, 5) is 28.4. The van der Waals surface area contributed by atoms with Crippen LogP contribution < -0.4 is 10.2 Å². The first-order chi connectivity index (χ1) is 14.3. The molecular weight excluding hydrogens is 378 g/mol. The second-order valence-corrected chi connectivity index (χ2v) is 9.92. The number of hydrogen-bond acceptors (Lipinski definition) is 5. The molecule has 0 saturated carbocycles. The van der Waals surface area contributed by atoms with E-state index in [0.29, 0.717) is 24.9 Å². The number of rotatable bonds is 4. The Morgan fingerprint density at radius 2 is 1.90 bits per heavy atom. The predicted molar refractivity (Wildman–Crippen MR) is 118 cm³/mol. The molecule has 0 unspecified atom stereocenters. The first-order valence-corrected chi connectivity index (χ1v) is 11.4. The number of fused-ring (bicyclic) bond motifs is 1. The van der Waals surface area contributed by atoms with E-state index in [4.69, 9.17) is 4.74 Å². The van der Waals surface area contributed by atoms with Crippen LogP contribution in [0, 0.1) is 0 Å². The molecule has 0 aliphatic carbocycles. The lowest BCUT2D eigenvalue weighted by Gasteiger charge is -2.34. The van der Waals surface area contributed by atoms with Gasteiger partial charge in [-0.15, -0.1) is 0 Å². The molecule has 3 aliphatic heterocycles. The zero-order chi connectivity index (χ0) is 21.3. The molecule has 1 aromatic rings. The highest BCUT2D eigenvalue weighted by Crippen LogP contribution is 2.39. The highest BCUT2D eigenvalue weighted by molar-refractivity contribution is 5.77. The van der Waals surface area contributed by atoms with Crippen LogP contribution in [0.4, 0.5) is 5.69 Å². The molecule has 0 aromatic heterocycles. The van der Waals surface area contributed by atoms with Crippen LogP contribution in [0.2, 0.25) is 0 Å². The van der Waals surface area contributed by atoms with Crippen molar-refractivity contribution < 1.29 is 14.3 Å². The highest BCUT2D eigenvalue weighted by atomic mass is 16.6. The van der Waals surface area contributed by atoms with Crippen molar-refractivity contribution in [1.29, 1.82) is 0 Å². The number of ether oxygens (including phenoxy) is 1. The van der Waals surface area contributed by atoms with Crippen molar-refractivity contribution in [1.82, 2.24) is 10.2 Å². The molecule has 1 aromatic carbocycles. The number of benzene rings is 1. The molecule has 0 bridgehead atoms. The van der Waals surface area contributed by atoms with Crippen LogP contribution in [0.15, 0.2) is 18.2 Å². The predicted octanol–water partition coefficient (Wildman–Crippen LogP) is 2.85. The van der Waals surface area contributed by atoms with E-state index in [0.717, 1.165) is 51.9 Å². The molecule has 1 amide bonds. The van der Waals surface area contributed by atoms with Crippen molar-refractivity contribution in [3.05, 3.63) is 29.3 Å². The van der Waals surface area contributed by atoms with Crippen LogP contribution in [-0.2, 0) is 20.7 Å². The zero-order valence-electron chi connectivity index (χ0n) is 18.6. The minimum atomic E-state index is -0.424. The normalized spacial score (nSPS) is 23.2. The third-order valence-electron chi connectivity index (χ3n) is 6.58. The number of hydrogen-bond donors (Lipinski definition) is 1. The minimum Gasteiger partial charge on any atom is -0.459 e. The first kappa shape index (κ1) is 21.2. The topological polar surface area (TPSA) is 61.9 Å². The van der Waals surface area contributed by atoms with Gasteiger partial charge in [-0.25, -0.2) is 0 Å². The summed E-state index contributed by atoms with van der Waals surface area (Å²) in [6, 6.07) is 7.16. The number of amides is 1. The smallest absolute Gasteiger partial charge is 0.320 e. The summed E-state index contributed by atoms with van der Waals surface area (Å²) < 4.78 is 5.48. The summed E-state index contributed by atoms with van der Waals surface area (Å²) in [5.74, 6) is 0.607. The molecule has 2 saturated heterocycles. The van der Waals surface area contributed by atoms with Gasteiger partial charge < -0.3 is 15.0 Å². The van der Waals surface area contributed by atoms with Crippen molar-refractivity contribution in [2.24, 2.45) is 0 Å². The van der Waals surface area contributed by atoms with Crippen LogP contribution >= 0.6 is 0 Å². The Morgan fingerprint density at radius 1 is 1.13 bits per heavy atom. The Bertz CT molecular complexity index is 783. The van der Waals surface area contributed by atoms with Gasteiger partial charge in [0.05, 0.1) is 6.54 Å². The van der Waals surface area contributed by atoms with E-state index in [1.807, 2.05) is 20.8 Å². The van der Waals surface area contributed by atoms with E-state index < -0.39 is 5.60 Å². The quantitative estimate of drug-likeness (QED) is 0.769. The van der Waals surface area contributed by atoms with E-state index in [9.17, 15) is 9.59 Å². The van der Waals surface area contributed by atoms with Crippen LogP contribution in [0.25, 0.3) is 0 Å². The zero-order valence-corrected chi connectivity index (χ0v) is 18.6. The Morgan fingerprint density at radius 3 is 2.57 bits per heavy atom. The third-order valence-corrected chi connectivity index (χ3v) is 6.58. The van der Waals surface area contributed by atoms with Gasteiger partial charge in [0.15, 0.2) is 0 Å². The fraction of sp³-hybridized carbons (Fsp3) is 0.667. The molecule has 0 spiro atoms. The summed E-state index contributed by atoms with van der Waals surface area (Å²) in [7, 11) is 0. The van der Waals surface area contributed by atoms with E-state index in [2.05, 4.69) is 33.3 Å². The lowest BCUT2D eigenvalue weighted by molar-refractivity contribution is -0.156. The monoisotopic (exact) mass is 413 g/mol.